The molecule has 9 heteroatoms. The predicted molar refractivity (Wildman–Crippen MR) is 109 cm³/mol. The Bertz CT molecular complexity index is 1260. The number of carbonyl (C=O) groups excluding carboxylic acids is 1. The normalized spacial score (nSPS) is 11.2. The van der Waals surface area contributed by atoms with Gasteiger partial charge in [-0.3, -0.25) is 14.9 Å². The first kappa shape index (κ1) is 18.5. The van der Waals surface area contributed by atoms with Crippen molar-refractivity contribution >= 4 is 40.3 Å². The Kier molecular flexibility index (Phi) is 4.84. The highest BCUT2D eigenvalue weighted by molar-refractivity contribution is 6.33. The molecule has 1 amide bonds. The van der Waals surface area contributed by atoms with Gasteiger partial charge < -0.3 is 9.40 Å². The van der Waals surface area contributed by atoms with E-state index in [4.69, 9.17) is 16.0 Å². The van der Waals surface area contributed by atoms with E-state index in [2.05, 4.69) is 15.5 Å². The van der Waals surface area contributed by atoms with Gasteiger partial charge >= 0.3 is 5.91 Å². The maximum atomic E-state index is 12.3. The molecule has 2 heterocycles. The lowest BCUT2D eigenvalue weighted by Crippen LogP contribution is -2.16. The second-order valence-electron chi connectivity index (χ2n) is 6.07. The maximum absolute atomic E-state index is 12.3. The molecule has 29 heavy (non-hydrogen) atoms. The number of H-pyrrole nitrogens is 1. The Labute approximate surface area is 168 Å². The van der Waals surface area contributed by atoms with Crippen molar-refractivity contribution in [3.05, 3.63) is 87.3 Å². The Morgan fingerprint density at radius 1 is 1.21 bits per heavy atom. The summed E-state index contributed by atoms with van der Waals surface area (Å²) in [7, 11) is 0. The van der Waals surface area contributed by atoms with Gasteiger partial charge in [0.2, 0.25) is 0 Å². The van der Waals surface area contributed by atoms with E-state index in [0.717, 1.165) is 16.5 Å². The Balaban J connectivity index is 1.48. The lowest BCUT2D eigenvalue weighted by atomic mass is 10.1. The van der Waals surface area contributed by atoms with Crippen LogP contribution in [0.25, 0.3) is 22.2 Å². The van der Waals surface area contributed by atoms with Crippen LogP contribution in [0.15, 0.2) is 70.3 Å². The topological polar surface area (TPSA) is 114 Å². The van der Waals surface area contributed by atoms with E-state index in [1.807, 2.05) is 24.3 Å². The number of rotatable bonds is 5. The van der Waals surface area contributed by atoms with Crippen LogP contribution in [0.3, 0.4) is 0 Å². The van der Waals surface area contributed by atoms with Crippen molar-refractivity contribution in [2.75, 3.05) is 0 Å². The Hall–Kier alpha value is -3.91. The third kappa shape index (κ3) is 3.74. The van der Waals surface area contributed by atoms with Crippen molar-refractivity contribution in [3.8, 4) is 11.3 Å². The molecule has 0 bridgehead atoms. The van der Waals surface area contributed by atoms with Gasteiger partial charge in [-0.2, -0.15) is 5.10 Å². The van der Waals surface area contributed by atoms with Gasteiger partial charge in [0, 0.05) is 40.4 Å². The number of furan rings is 1. The quantitative estimate of drug-likeness (QED) is 0.281. The molecule has 0 saturated carbocycles. The van der Waals surface area contributed by atoms with Crippen LogP contribution < -0.4 is 5.43 Å². The minimum Gasteiger partial charge on any atom is -0.451 e. The number of aromatic amines is 1. The van der Waals surface area contributed by atoms with E-state index in [1.54, 1.807) is 12.3 Å². The molecule has 0 saturated heterocycles. The second kappa shape index (κ2) is 7.61. The smallest absolute Gasteiger partial charge is 0.307 e. The summed E-state index contributed by atoms with van der Waals surface area (Å²) in [5, 5.41) is 15.9. The van der Waals surface area contributed by atoms with E-state index in [9.17, 15) is 14.9 Å². The molecule has 144 valence electrons. The van der Waals surface area contributed by atoms with E-state index >= 15 is 0 Å². The number of nitrogens with zero attached hydrogens (tertiary/aromatic N) is 2. The number of hydrogen-bond donors (Lipinski definition) is 2. The van der Waals surface area contributed by atoms with Gasteiger partial charge in [-0.15, -0.1) is 0 Å². The fourth-order valence-corrected chi connectivity index (χ4v) is 3.11. The van der Waals surface area contributed by atoms with Crippen molar-refractivity contribution in [3.63, 3.8) is 0 Å². The number of aromatic nitrogens is 1. The number of fused-ring (bicyclic) bond motifs is 1. The number of nitrogens with one attached hydrogen (secondary N) is 2. The van der Waals surface area contributed by atoms with Crippen LogP contribution in [-0.4, -0.2) is 22.0 Å². The number of nitro benzene ring substituents is 1. The van der Waals surface area contributed by atoms with Crippen molar-refractivity contribution in [1.82, 2.24) is 10.4 Å². The van der Waals surface area contributed by atoms with Crippen LogP contribution >= 0.6 is 11.6 Å². The summed E-state index contributed by atoms with van der Waals surface area (Å²) in [5.74, 6) is -0.188. The van der Waals surface area contributed by atoms with Crippen LogP contribution in [-0.2, 0) is 0 Å². The number of carbonyl (C=O) groups is 1. The molecule has 0 fully saturated rings. The fraction of sp³-hybridized carbons (Fsp3) is 0. The van der Waals surface area contributed by atoms with Gasteiger partial charge in [0.25, 0.3) is 5.69 Å². The zero-order valence-corrected chi connectivity index (χ0v) is 15.5. The number of non-ortho nitro benzene ring substituents is 1. The summed E-state index contributed by atoms with van der Waals surface area (Å²) in [6, 6.07) is 14.8. The highest BCUT2D eigenvalue weighted by Gasteiger charge is 2.16. The number of nitro groups is 1. The monoisotopic (exact) mass is 408 g/mol. The number of amides is 1. The van der Waals surface area contributed by atoms with Gasteiger partial charge in [-0.1, -0.05) is 29.8 Å². The highest BCUT2D eigenvalue weighted by atomic mass is 35.5. The molecule has 0 aliphatic rings. The van der Waals surface area contributed by atoms with E-state index in [0.29, 0.717) is 11.3 Å². The molecule has 0 aliphatic heterocycles. The maximum Gasteiger partial charge on any atom is 0.307 e. The van der Waals surface area contributed by atoms with Gasteiger partial charge in [0.05, 0.1) is 16.2 Å². The molecule has 0 spiro atoms. The molecule has 4 rings (SSSR count). The largest absolute Gasteiger partial charge is 0.451 e. The molecule has 0 aliphatic carbocycles. The molecule has 2 aromatic carbocycles. The van der Waals surface area contributed by atoms with E-state index in [1.165, 1.54) is 30.5 Å². The predicted octanol–water partition coefficient (Wildman–Crippen LogP) is 4.75. The average Bonchev–Trinajstić information content (AvgIpc) is 3.35. The fourth-order valence-electron chi connectivity index (χ4n) is 2.84. The molecule has 2 N–H and O–H groups in total. The summed E-state index contributed by atoms with van der Waals surface area (Å²) < 4.78 is 5.52. The number of hydrogen-bond acceptors (Lipinski definition) is 5. The van der Waals surface area contributed by atoms with Crippen LogP contribution in [0.2, 0.25) is 5.02 Å². The number of hydrazone groups is 1. The summed E-state index contributed by atoms with van der Waals surface area (Å²) in [4.78, 5) is 25.6. The Morgan fingerprint density at radius 2 is 2.03 bits per heavy atom. The van der Waals surface area contributed by atoms with Crippen molar-refractivity contribution < 1.29 is 14.1 Å². The average molecular weight is 409 g/mol. The second-order valence-corrected chi connectivity index (χ2v) is 6.48. The van der Waals surface area contributed by atoms with Gasteiger partial charge in [-0.25, -0.2) is 5.43 Å². The standard InChI is InChI=1S/C20H13ClN4O4/c21-16-9-13(25(27)28)5-6-15(16)18-7-8-19(29-18)20(26)24-23-11-12-10-22-17-4-2-1-3-14(12)17/h1-11,22H,(H,24,26)/b23-11+. The van der Waals surface area contributed by atoms with Crippen LogP contribution in [0.5, 0.6) is 0 Å². The molecule has 0 radical (unpaired) electrons. The first-order valence-electron chi connectivity index (χ1n) is 8.46. The van der Waals surface area contributed by atoms with Crippen LogP contribution in [0.1, 0.15) is 16.1 Å². The number of halogens is 1. The van der Waals surface area contributed by atoms with Crippen molar-refractivity contribution in [2.24, 2.45) is 5.10 Å². The van der Waals surface area contributed by atoms with Crippen molar-refractivity contribution in [2.45, 2.75) is 0 Å². The summed E-state index contributed by atoms with van der Waals surface area (Å²) in [6.07, 6.45) is 3.33. The summed E-state index contributed by atoms with van der Waals surface area (Å²) in [6.45, 7) is 0. The molecular formula is C20H13ClN4O4. The third-order valence-corrected chi connectivity index (χ3v) is 4.56. The van der Waals surface area contributed by atoms with Gasteiger partial charge in [0.15, 0.2) is 5.76 Å². The molecule has 8 nitrogen and oxygen atoms in total. The van der Waals surface area contributed by atoms with Crippen LogP contribution in [0, 0.1) is 10.1 Å². The summed E-state index contributed by atoms with van der Waals surface area (Å²) in [5.41, 5.74) is 4.52. The van der Waals surface area contributed by atoms with Gasteiger partial charge in [0.1, 0.15) is 5.76 Å². The first-order chi connectivity index (χ1) is 14.0. The number of benzene rings is 2. The number of para-hydroxylation sites is 1. The van der Waals surface area contributed by atoms with E-state index in [-0.39, 0.29) is 16.5 Å². The lowest BCUT2D eigenvalue weighted by molar-refractivity contribution is -0.384. The molecule has 4 aromatic rings. The molecule has 0 unspecified atom stereocenters. The molecular weight excluding hydrogens is 396 g/mol. The lowest BCUT2D eigenvalue weighted by Gasteiger charge is -2.01. The minimum absolute atomic E-state index is 0.0329. The Morgan fingerprint density at radius 3 is 2.83 bits per heavy atom. The molecule has 0 atom stereocenters. The SMILES string of the molecule is O=C(N/N=C/c1c[nH]c2ccccc12)c1ccc(-c2ccc([N+](=O)[O-])cc2Cl)o1. The van der Waals surface area contributed by atoms with Gasteiger partial charge in [-0.05, 0) is 24.3 Å². The first-order valence-corrected chi connectivity index (χ1v) is 8.84. The molecule has 2 aromatic heterocycles. The summed E-state index contributed by atoms with van der Waals surface area (Å²) >= 11 is 6.09. The van der Waals surface area contributed by atoms with Crippen molar-refractivity contribution in [1.29, 1.82) is 0 Å². The van der Waals surface area contributed by atoms with E-state index < -0.39 is 10.8 Å². The minimum atomic E-state index is -0.539. The highest BCUT2D eigenvalue weighted by Crippen LogP contribution is 2.32. The zero-order valence-electron chi connectivity index (χ0n) is 14.8. The zero-order chi connectivity index (χ0) is 20.4. The third-order valence-electron chi connectivity index (χ3n) is 4.25. The van der Waals surface area contributed by atoms with Crippen LogP contribution in [0.4, 0.5) is 5.69 Å².